The van der Waals surface area contributed by atoms with Crippen LogP contribution in [0.15, 0.2) is 40.6 Å². The molecule has 1 aliphatic rings. The molecule has 2 heterocycles. The zero-order chi connectivity index (χ0) is 18.9. The number of rotatable bonds is 5. The molecule has 0 aliphatic carbocycles. The molecule has 0 bridgehead atoms. The average molecular weight is 393 g/mol. The molecule has 1 aromatic carbocycles. The first-order valence-electron chi connectivity index (χ1n) is 7.98. The molecule has 26 heavy (non-hydrogen) atoms. The summed E-state index contributed by atoms with van der Waals surface area (Å²) in [7, 11) is -2.22. The minimum atomic E-state index is -3.89. The average Bonchev–Trinajstić information content (AvgIpc) is 3.17. The van der Waals surface area contributed by atoms with Gasteiger partial charge in [0.2, 0.25) is 5.91 Å². The maximum Gasteiger partial charge on any atom is 0.263 e. The predicted octanol–water partition coefficient (Wildman–Crippen LogP) is 1.82. The molecule has 2 aromatic rings. The Morgan fingerprint density at radius 3 is 2.54 bits per heavy atom. The molecule has 7 nitrogen and oxygen atoms in total. The van der Waals surface area contributed by atoms with Crippen molar-refractivity contribution in [1.82, 2.24) is 10.2 Å². The van der Waals surface area contributed by atoms with Crippen molar-refractivity contribution in [1.29, 1.82) is 0 Å². The van der Waals surface area contributed by atoms with E-state index in [1.165, 1.54) is 11.0 Å². The van der Waals surface area contributed by atoms with Crippen molar-refractivity contribution in [2.24, 2.45) is 0 Å². The molecular formula is C17H19N3O4S2. The number of benzene rings is 1. The van der Waals surface area contributed by atoms with Crippen LogP contribution in [0.5, 0.6) is 0 Å². The van der Waals surface area contributed by atoms with Gasteiger partial charge in [-0.1, -0.05) is 17.7 Å². The lowest BCUT2D eigenvalue weighted by Gasteiger charge is -2.13. The van der Waals surface area contributed by atoms with E-state index in [0.29, 0.717) is 12.2 Å². The summed E-state index contributed by atoms with van der Waals surface area (Å²) in [5.74, 6) is -0.534. The van der Waals surface area contributed by atoms with Gasteiger partial charge in [-0.15, -0.1) is 11.3 Å². The Bertz CT molecular complexity index is 935. The quantitative estimate of drug-likeness (QED) is 0.810. The number of aryl methyl sites for hydroxylation is 1. The first kappa shape index (κ1) is 18.4. The predicted molar refractivity (Wildman–Crippen MR) is 99.8 cm³/mol. The number of sulfonamides is 1. The van der Waals surface area contributed by atoms with Crippen molar-refractivity contribution in [2.75, 3.05) is 18.3 Å². The number of hydrogen-bond donors (Lipinski definition) is 2. The SMILES string of the molecule is Cc1ccc(NS(=O)(=O)c2ccsc2C(=O)N[C@H]2CC(=O)N(C)C2)cc1. The lowest BCUT2D eigenvalue weighted by Crippen LogP contribution is -2.36. The fourth-order valence-corrected chi connectivity index (χ4v) is 5.11. The molecule has 0 spiro atoms. The third-order valence-corrected chi connectivity index (χ3v) is 6.57. The number of nitrogens with zero attached hydrogens (tertiary/aromatic N) is 1. The van der Waals surface area contributed by atoms with E-state index < -0.39 is 15.9 Å². The maximum absolute atomic E-state index is 12.7. The van der Waals surface area contributed by atoms with Crippen molar-refractivity contribution in [3.8, 4) is 0 Å². The standard InChI is InChI=1S/C17H19N3O4S2/c1-11-3-5-12(6-4-11)19-26(23,24)14-7-8-25-16(14)17(22)18-13-9-15(21)20(2)10-13/h3-8,13,19H,9-10H2,1-2H3,(H,18,22)/t13-/m0/s1. The van der Waals surface area contributed by atoms with Gasteiger partial charge in [0.25, 0.3) is 15.9 Å². The topological polar surface area (TPSA) is 95.6 Å². The van der Waals surface area contributed by atoms with Crippen LogP contribution in [-0.4, -0.2) is 44.8 Å². The summed E-state index contributed by atoms with van der Waals surface area (Å²) >= 11 is 1.05. The van der Waals surface area contributed by atoms with Crippen LogP contribution in [0.4, 0.5) is 5.69 Å². The Kier molecular flexibility index (Phi) is 5.01. The minimum Gasteiger partial charge on any atom is -0.346 e. The molecule has 9 heteroatoms. The Morgan fingerprint density at radius 1 is 1.23 bits per heavy atom. The first-order valence-corrected chi connectivity index (χ1v) is 10.3. The summed E-state index contributed by atoms with van der Waals surface area (Å²) < 4.78 is 27.8. The Morgan fingerprint density at radius 2 is 1.92 bits per heavy atom. The molecule has 3 rings (SSSR count). The highest BCUT2D eigenvalue weighted by atomic mass is 32.2. The van der Waals surface area contributed by atoms with Crippen LogP contribution in [-0.2, 0) is 14.8 Å². The third kappa shape index (κ3) is 3.88. The lowest BCUT2D eigenvalue weighted by molar-refractivity contribution is -0.126. The van der Waals surface area contributed by atoms with Crippen molar-refractivity contribution < 1.29 is 18.0 Å². The van der Waals surface area contributed by atoms with Gasteiger partial charge in [0.1, 0.15) is 9.77 Å². The second-order valence-electron chi connectivity index (χ2n) is 6.23. The van der Waals surface area contributed by atoms with Gasteiger partial charge in [-0.2, -0.15) is 0 Å². The third-order valence-electron chi connectivity index (χ3n) is 4.10. The summed E-state index contributed by atoms with van der Waals surface area (Å²) in [5, 5.41) is 4.30. The molecule has 1 fully saturated rings. The highest BCUT2D eigenvalue weighted by Crippen LogP contribution is 2.25. The summed E-state index contributed by atoms with van der Waals surface area (Å²) in [5.41, 5.74) is 1.44. The number of anilines is 1. The molecule has 0 unspecified atom stereocenters. The van der Waals surface area contributed by atoms with Gasteiger partial charge >= 0.3 is 0 Å². The largest absolute Gasteiger partial charge is 0.346 e. The van der Waals surface area contributed by atoms with Gasteiger partial charge in [0, 0.05) is 25.7 Å². The second kappa shape index (κ2) is 7.08. The van der Waals surface area contributed by atoms with Crippen LogP contribution in [0.1, 0.15) is 21.7 Å². The summed E-state index contributed by atoms with van der Waals surface area (Å²) in [6, 6.07) is 8.02. The van der Waals surface area contributed by atoms with Crippen LogP contribution in [0.3, 0.4) is 0 Å². The Hall–Kier alpha value is -2.39. The fraction of sp³-hybridized carbons (Fsp3) is 0.294. The number of nitrogens with one attached hydrogen (secondary N) is 2. The van der Waals surface area contributed by atoms with Crippen molar-refractivity contribution in [3.05, 3.63) is 46.2 Å². The molecule has 1 aromatic heterocycles. The maximum atomic E-state index is 12.7. The lowest BCUT2D eigenvalue weighted by atomic mass is 10.2. The van der Waals surface area contributed by atoms with E-state index in [2.05, 4.69) is 10.0 Å². The van der Waals surface area contributed by atoms with Crippen LogP contribution in [0, 0.1) is 6.92 Å². The van der Waals surface area contributed by atoms with Gasteiger partial charge in [-0.3, -0.25) is 14.3 Å². The van der Waals surface area contributed by atoms with Gasteiger partial charge in [0.15, 0.2) is 0 Å². The van der Waals surface area contributed by atoms with Crippen LogP contribution in [0.25, 0.3) is 0 Å². The monoisotopic (exact) mass is 393 g/mol. The number of likely N-dealkylation sites (tertiary alicyclic amines) is 1. The smallest absolute Gasteiger partial charge is 0.263 e. The molecule has 1 aliphatic heterocycles. The zero-order valence-electron chi connectivity index (χ0n) is 14.4. The summed E-state index contributed by atoms with van der Waals surface area (Å²) in [4.78, 5) is 25.7. The van der Waals surface area contributed by atoms with Gasteiger partial charge in [-0.05, 0) is 30.5 Å². The fourth-order valence-electron chi connectivity index (χ4n) is 2.72. The molecule has 0 saturated carbocycles. The molecule has 1 atom stereocenters. The van der Waals surface area contributed by atoms with Gasteiger partial charge in [0.05, 0.1) is 6.04 Å². The number of thiophene rings is 1. The molecular weight excluding hydrogens is 374 g/mol. The number of carbonyl (C=O) groups excluding carboxylic acids is 2. The number of amides is 2. The van der Waals surface area contributed by atoms with E-state index in [0.717, 1.165) is 16.9 Å². The van der Waals surface area contributed by atoms with Crippen molar-refractivity contribution >= 4 is 38.9 Å². The van der Waals surface area contributed by atoms with Crippen LogP contribution in [0.2, 0.25) is 0 Å². The van der Waals surface area contributed by atoms with E-state index in [1.54, 1.807) is 36.7 Å². The summed E-state index contributed by atoms with van der Waals surface area (Å²) in [6.07, 6.45) is 0.220. The van der Waals surface area contributed by atoms with Gasteiger partial charge in [-0.25, -0.2) is 8.42 Å². The first-order chi connectivity index (χ1) is 12.3. The van der Waals surface area contributed by atoms with E-state index in [9.17, 15) is 18.0 Å². The Labute approximate surface area is 156 Å². The normalized spacial score (nSPS) is 17.4. The van der Waals surface area contributed by atoms with Crippen LogP contribution >= 0.6 is 11.3 Å². The molecule has 1 saturated heterocycles. The highest BCUT2D eigenvalue weighted by molar-refractivity contribution is 7.93. The number of likely N-dealkylation sites (N-methyl/N-ethyl adjacent to an activating group) is 1. The van der Waals surface area contributed by atoms with E-state index >= 15 is 0 Å². The van der Waals surface area contributed by atoms with Crippen LogP contribution < -0.4 is 10.0 Å². The second-order valence-corrected chi connectivity index (χ2v) is 8.80. The van der Waals surface area contributed by atoms with Crippen molar-refractivity contribution in [2.45, 2.75) is 24.3 Å². The van der Waals surface area contributed by atoms with Gasteiger partial charge < -0.3 is 10.2 Å². The molecule has 0 radical (unpaired) electrons. The number of carbonyl (C=O) groups is 2. The summed E-state index contributed by atoms with van der Waals surface area (Å²) in [6.45, 7) is 2.32. The van der Waals surface area contributed by atoms with E-state index in [1.807, 2.05) is 6.92 Å². The molecule has 138 valence electrons. The number of hydrogen-bond acceptors (Lipinski definition) is 5. The molecule has 2 amide bonds. The Balaban J connectivity index is 1.77. The molecule has 2 N–H and O–H groups in total. The van der Waals surface area contributed by atoms with Crippen molar-refractivity contribution in [3.63, 3.8) is 0 Å². The minimum absolute atomic E-state index is 0.0460. The van der Waals surface area contributed by atoms with E-state index in [-0.39, 0.29) is 28.1 Å². The van der Waals surface area contributed by atoms with E-state index in [4.69, 9.17) is 0 Å². The highest BCUT2D eigenvalue weighted by Gasteiger charge is 2.30. The zero-order valence-corrected chi connectivity index (χ0v) is 16.0.